The molecule has 12 heteroatoms. The molecule has 222 valence electrons. The fourth-order valence-corrected chi connectivity index (χ4v) is 6.29. The van der Waals surface area contributed by atoms with Crippen LogP contribution >= 0.6 is 33.9 Å². The maximum absolute atomic E-state index is 14.0. The molecule has 1 atom stereocenters. The Morgan fingerprint density at radius 1 is 1.17 bits per heavy atom. The highest BCUT2D eigenvalue weighted by molar-refractivity contribution is 14.1. The molecular formula is C30H31IN2O8S. The van der Waals surface area contributed by atoms with Crippen molar-refractivity contribution in [3.63, 3.8) is 0 Å². The van der Waals surface area contributed by atoms with E-state index in [0.29, 0.717) is 47.0 Å². The van der Waals surface area contributed by atoms with Gasteiger partial charge in [-0.25, -0.2) is 14.6 Å². The van der Waals surface area contributed by atoms with Gasteiger partial charge in [-0.1, -0.05) is 29.5 Å². The molecule has 0 amide bonds. The van der Waals surface area contributed by atoms with Crippen molar-refractivity contribution in [3.8, 4) is 17.2 Å². The predicted octanol–water partition coefficient (Wildman–Crippen LogP) is 3.75. The van der Waals surface area contributed by atoms with Gasteiger partial charge in [-0.3, -0.25) is 9.36 Å². The summed E-state index contributed by atoms with van der Waals surface area (Å²) in [5.74, 6) is 0.275. The first-order valence-corrected chi connectivity index (χ1v) is 15.0. The van der Waals surface area contributed by atoms with Crippen molar-refractivity contribution in [3.05, 3.63) is 82.1 Å². The molecule has 0 radical (unpaired) electrons. The Hall–Kier alpha value is -3.65. The highest BCUT2D eigenvalue weighted by atomic mass is 127. The lowest BCUT2D eigenvalue weighted by Gasteiger charge is -2.26. The van der Waals surface area contributed by atoms with E-state index >= 15 is 0 Å². The summed E-state index contributed by atoms with van der Waals surface area (Å²) in [5.41, 5.74) is 1.75. The predicted molar refractivity (Wildman–Crippen MR) is 166 cm³/mol. The highest BCUT2D eigenvalue weighted by Gasteiger charge is 2.35. The minimum atomic E-state index is -0.804. The lowest BCUT2D eigenvalue weighted by Crippen LogP contribution is -2.40. The Bertz CT molecular complexity index is 1720. The first kappa shape index (κ1) is 31.3. The molecule has 0 spiro atoms. The quantitative estimate of drug-likeness (QED) is 0.232. The van der Waals surface area contributed by atoms with Crippen LogP contribution in [0.25, 0.3) is 6.08 Å². The van der Waals surface area contributed by atoms with Crippen LogP contribution < -0.4 is 29.1 Å². The van der Waals surface area contributed by atoms with E-state index in [1.165, 1.54) is 30.1 Å². The van der Waals surface area contributed by atoms with Gasteiger partial charge >= 0.3 is 11.9 Å². The lowest BCUT2D eigenvalue weighted by atomic mass is 9.95. The molecule has 0 fully saturated rings. The third-order valence-electron chi connectivity index (χ3n) is 6.20. The highest BCUT2D eigenvalue weighted by Crippen LogP contribution is 2.37. The summed E-state index contributed by atoms with van der Waals surface area (Å²) in [6.07, 6.45) is 1.60. The number of hydrogen-bond acceptors (Lipinski definition) is 10. The summed E-state index contributed by atoms with van der Waals surface area (Å²) < 4.78 is 29.9. The zero-order valence-corrected chi connectivity index (χ0v) is 27.0. The molecule has 4 rings (SSSR count). The number of carbonyl (C=O) groups excluding carboxylic acids is 2. The molecule has 1 aliphatic heterocycles. The summed E-state index contributed by atoms with van der Waals surface area (Å²) in [6, 6.07) is 10.1. The van der Waals surface area contributed by atoms with E-state index in [9.17, 15) is 14.4 Å². The molecule has 0 saturated carbocycles. The van der Waals surface area contributed by atoms with Gasteiger partial charge in [0.05, 0.1) is 46.3 Å². The molecule has 1 aliphatic rings. The van der Waals surface area contributed by atoms with Gasteiger partial charge in [-0.05, 0) is 80.1 Å². The number of rotatable bonds is 10. The summed E-state index contributed by atoms with van der Waals surface area (Å²) in [4.78, 5) is 44.0. The van der Waals surface area contributed by atoms with E-state index in [2.05, 4.69) is 32.3 Å². The number of para-hydroxylation sites is 1. The fraction of sp³-hybridized carbons (Fsp3) is 0.333. The number of hydrogen-bond donors (Lipinski definition) is 0. The van der Waals surface area contributed by atoms with Gasteiger partial charge in [-0.2, -0.15) is 0 Å². The van der Waals surface area contributed by atoms with Crippen LogP contribution in [-0.2, 0) is 19.1 Å². The van der Waals surface area contributed by atoms with Crippen molar-refractivity contribution in [2.45, 2.75) is 39.8 Å². The average molecular weight is 707 g/mol. The maximum atomic E-state index is 14.0. The van der Waals surface area contributed by atoms with Crippen molar-refractivity contribution in [1.29, 1.82) is 0 Å². The summed E-state index contributed by atoms with van der Waals surface area (Å²) in [7, 11) is 2.77. The van der Waals surface area contributed by atoms with Gasteiger partial charge in [0.25, 0.3) is 5.56 Å². The number of carbonyl (C=O) groups is 2. The minimum Gasteiger partial charge on any atom is -0.493 e. The van der Waals surface area contributed by atoms with E-state index in [1.807, 2.05) is 44.2 Å². The Kier molecular flexibility index (Phi) is 10.1. The van der Waals surface area contributed by atoms with Crippen LogP contribution in [0, 0.1) is 3.57 Å². The van der Waals surface area contributed by atoms with Crippen LogP contribution in [-0.4, -0.2) is 50.0 Å². The number of aromatic nitrogens is 1. The zero-order chi connectivity index (χ0) is 30.6. The van der Waals surface area contributed by atoms with Gasteiger partial charge < -0.3 is 23.7 Å². The second-order valence-electron chi connectivity index (χ2n) is 9.41. The molecule has 10 nitrogen and oxygen atoms in total. The molecule has 0 unspecified atom stereocenters. The van der Waals surface area contributed by atoms with Crippen LogP contribution in [0.2, 0.25) is 0 Å². The van der Waals surface area contributed by atoms with Crippen LogP contribution in [0.3, 0.4) is 0 Å². The summed E-state index contributed by atoms with van der Waals surface area (Å²) >= 11 is 3.29. The SMILES string of the molecule is CCOC(=O)C1=C(C)N=c2s/c(=C/c3cc(I)c(OCC(=O)OC)c(OC)c3)c(=O)n2[C@H]1c1ccccc1OC(C)C. The Morgan fingerprint density at radius 2 is 1.90 bits per heavy atom. The van der Waals surface area contributed by atoms with Crippen LogP contribution in [0.5, 0.6) is 17.2 Å². The molecule has 1 aromatic heterocycles. The smallest absolute Gasteiger partial charge is 0.343 e. The number of benzene rings is 2. The van der Waals surface area contributed by atoms with Gasteiger partial charge in [0, 0.05) is 5.56 Å². The van der Waals surface area contributed by atoms with Crippen molar-refractivity contribution in [2.24, 2.45) is 4.99 Å². The Labute approximate surface area is 260 Å². The monoisotopic (exact) mass is 706 g/mol. The number of esters is 2. The molecule has 2 aromatic carbocycles. The third kappa shape index (κ3) is 6.54. The van der Waals surface area contributed by atoms with Gasteiger partial charge in [0.1, 0.15) is 11.8 Å². The Balaban J connectivity index is 1.89. The topological polar surface area (TPSA) is 115 Å². The normalized spacial score (nSPS) is 14.8. The first-order valence-electron chi connectivity index (χ1n) is 13.1. The van der Waals surface area contributed by atoms with E-state index < -0.39 is 18.0 Å². The number of thiazole rings is 1. The summed E-state index contributed by atoms with van der Waals surface area (Å²) in [5, 5.41) is 0. The van der Waals surface area contributed by atoms with Crippen molar-refractivity contribution >= 4 is 51.9 Å². The van der Waals surface area contributed by atoms with Gasteiger partial charge in [0.15, 0.2) is 22.9 Å². The van der Waals surface area contributed by atoms with Crippen LogP contribution in [0.1, 0.15) is 44.9 Å². The van der Waals surface area contributed by atoms with Crippen molar-refractivity contribution in [1.82, 2.24) is 4.57 Å². The van der Waals surface area contributed by atoms with E-state index in [4.69, 9.17) is 18.9 Å². The average Bonchev–Trinajstić information content (AvgIpc) is 3.25. The number of methoxy groups -OCH3 is 2. The van der Waals surface area contributed by atoms with E-state index in [-0.39, 0.29) is 30.5 Å². The standard InChI is InChI=1S/C30H31IN2O8S/c1-7-39-29(36)25-17(4)32-30-33(26(25)19-10-8-9-11-21(19)41-16(2)3)28(35)23(42-30)14-18-12-20(31)27(22(13-18)37-5)40-15-24(34)38-6/h8-14,16,26H,7,15H2,1-6H3/b23-14+/t26-/m0/s1. The molecule has 0 saturated heterocycles. The zero-order valence-electron chi connectivity index (χ0n) is 24.1. The number of halogens is 1. The fourth-order valence-electron chi connectivity index (χ4n) is 4.46. The largest absolute Gasteiger partial charge is 0.493 e. The Morgan fingerprint density at radius 3 is 2.57 bits per heavy atom. The van der Waals surface area contributed by atoms with Gasteiger partial charge in [-0.15, -0.1) is 0 Å². The lowest BCUT2D eigenvalue weighted by molar-refractivity contribution is -0.143. The second kappa shape index (κ2) is 13.6. The van der Waals surface area contributed by atoms with Crippen molar-refractivity contribution < 1.29 is 33.3 Å². The molecule has 3 aromatic rings. The van der Waals surface area contributed by atoms with Crippen LogP contribution in [0.4, 0.5) is 0 Å². The number of allylic oxidation sites excluding steroid dienone is 1. The number of fused-ring (bicyclic) bond motifs is 1. The second-order valence-corrected chi connectivity index (χ2v) is 11.6. The molecule has 0 bridgehead atoms. The molecule has 2 heterocycles. The van der Waals surface area contributed by atoms with E-state index in [1.54, 1.807) is 26.0 Å². The molecule has 0 N–H and O–H groups in total. The molecular weight excluding hydrogens is 675 g/mol. The number of nitrogens with zero attached hydrogens (tertiary/aromatic N) is 2. The third-order valence-corrected chi connectivity index (χ3v) is 7.99. The molecule has 42 heavy (non-hydrogen) atoms. The minimum absolute atomic E-state index is 0.130. The van der Waals surface area contributed by atoms with Crippen molar-refractivity contribution in [2.75, 3.05) is 27.4 Å². The van der Waals surface area contributed by atoms with E-state index in [0.717, 1.165) is 0 Å². The number of ether oxygens (including phenoxy) is 5. The van der Waals surface area contributed by atoms with Crippen LogP contribution in [0.15, 0.2) is 57.5 Å². The van der Waals surface area contributed by atoms with Gasteiger partial charge in [0.2, 0.25) is 0 Å². The first-order chi connectivity index (χ1) is 20.1. The maximum Gasteiger partial charge on any atom is 0.343 e. The summed E-state index contributed by atoms with van der Waals surface area (Å²) in [6.45, 7) is 7.20. The molecule has 0 aliphatic carbocycles.